The van der Waals surface area contributed by atoms with Gasteiger partial charge in [0.25, 0.3) is 0 Å². The SMILES string of the molecule is Cc1ccc(CCCC(=O)N(C)C2CCNCC2)s1. The third-order valence-corrected chi connectivity index (χ3v) is 4.92. The van der Waals surface area contributed by atoms with Gasteiger partial charge in [-0.25, -0.2) is 0 Å². The van der Waals surface area contributed by atoms with E-state index >= 15 is 0 Å². The molecule has 0 radical (unpaired) electrons. The Morgan fingerprint density at radius 1 is 1.42 bits per heavy atom. The minimum absolute atomic E-state index is 0.306. The lowest BCUT2D eigenvalue weighted by Crippen LogP contribution is -2.43. The second-order valence-electron chi connectivity index (χ2n) is 5.35. The lowest BCUT2D eigenvalue weighted by Gasteiger charge is -2.31. The molecule has 0 spiro atoms. The average molecular weight is 280 g/mol. The van der Waals surface area contributed by atoms with E-state index in [0.717, 1.165) is 38.8 Å². The first-order valence-electron chi connectivity index (χ1n) is 7.18. The Morgan fingerprint density at radius 2 is 2.16 bits per heavy atom. The molecule has 0 unspecified atom stereocenters. The lowest BCUT2D eigenvalue weighted by atomic mass is 10.0. The summed E-state index contributed by atoms with van der Waals surface area (Å²) in [5, 5.41) is 3.34. The number of carbonyl (C=O) groups excluding carboxylic acids is 1. The van der Waals surface area contributed by atoms with Gasteiger partial charge in [0.05, 0.1) is 0 Å². The van der Waals surface area contributed by atoms with Crippen molar-refractivity contribution in [3.05, 3.63) is 21.9 Å². The molecular weight excluding hydrogens is 256 g/mol. The number of nitrogens with one attached hydrogen (secondary N) is 1. The molecule has 0 aliphatic carbocycles. The molecule has 2 heterocycles. The first-order valence-corrected chi connectivity index (χ1v) is 8.00. The summed E-state index contributed by atoms with van der Waals surface area (Å²) in [5.74, 6) is 0.306. The fourth-order valence-electron chi connectivity index (χ4n) is 2.61. The maximum atomic E-state index is 12.1. The quantitative estimate of drug-likeness (QED) is 0.899. The zero-order valence-electron chi connectivity index (χ0n) is 11.9. The number of carbonyl (C=O) groups is 1. The van der Waals surface area contributed by atoms with Gasteiger partial charge in [-0.15, -0.1) is 11.3 Å². The third kappa shape index (κ3) is 4.32. The van der Waals surface area contributed by atoms with Crippen molar-refractivity contribution in [1.82, 2.24) is 10.2 Å². The topological polar surface area (TPSA) is 32.3 Å². The Balaban J connectivity index is 1.71. The van der Waals surface area contributed by atoms with Crippen LogP contribution in [0.15, 0.2) is 12.1 Å². The second kappa shape index (κ2) is 7.06. The fraction of sp³-hybridized carbons (Fsp3) is 0.667. The van der Waals surface area contributed by atoms with Crippen LogP contribution in [-0.2, 0) is 11.2 Å². The van der Waals surface area contributed by atoms with Gasteiger partial charge in [0.15, 0.2) is 0 Å². The number of thiophene rings is 1. The Labute approximate surface area is 120 Å². The summed E-state index contributed by atoms with van der Waals surface area (Å²) in [7, 11) is 1.97. The Kier molecular flexibility index (Phi) is 5.40. The molecule has 0 bridgehead atoms. The van der Waals surface area contributed by atoms with E-state index in [-0.39, 0.29) is 0 Å². The summed E-state index contributed by atoms with van der Waals surface area (Å²) < 4.78 is 0. The van der Waals surface area contributed by atoms with Crippen molar-refractivity contribution in [2.24, 2.45) is 0 Å². The van der Waals surface area contributed by atoms with Gasteiger partial charge in [0, 0.05) is 29.3 Å². The minimum atomic E-state index is 0.306. The van der Waals surface area contributed by atoms with E-state index in [9.17, 15) is 4.79 Å². The third-order valence-electron chi connectivity index (χ3n) is 3.86. The van der Waals surface area contributed by atoms with Crippen molar-refractivity contribution in [2.75, 3.05) is 20.1 Å². The predicted octanol–water partition coefficient (Wildman–Crippen LogP) is 2.59. The van der Waals surface area contributed by atoms with Crippen molar-refractivity contribution in [3.8, 4) is 0 Å². The highest BCUT2D eigenvalue weighted by Crippen LogP contribution is 2.18. The van der Waals surface area contributed by atoms with E-state index in [1.54, 1.807) is 0 Å². The fourth-order valence-corrected chi connectivity index (χ4v) is 3.54. The van der Waals surface area contributed by atoms with Gasteiger partial charge in [-0.05, 0) is 57.8 Å². The number of hydrogen-bond donors (Lipinski definition) is 1. The molecule has 1 saturated heterocycles. The molecule has 1 aromatic heterocycles. The number of nitrogens with zero attached hydrogens (tertiary/aromatic N) is 1. The van der Waals surface area contributed by atoms with E-state index < -0.39 is 0 Å². The lowest BCUT2D eigenvalue weighted by molar-refractivity contribution is -0.132. The molecule has 1 amide bonds. The van der Waals surface area contributed by atoms with Gasteiger partial charge >= 0.3 is 0 Å². The van der Waals surface area contributed by atoms with E-state index in [4.69, 9.17) is 0 Å². The number of aryl methyl sites for hydroxylation is 2. The Morgan fingerprint density at radius 3 is 2.79 bits per heavy atom. The van der Waals surface area contributed by atoms with Crippen molar-refractivity contribution in [1.29, 1.82) is 0 Å². The van der Waals surface area contributed by atoms with Crippen molar-refractivity contribution in [2.45, 2.75) is 45.1 Å². The molecule has 1 aliphatic heterocycles. The molecule has 1 aromatic rings. The summed E-state index contributed by atoms with van der Waals surface area (Å²) in [4.78, 5) is 16.9. The van der Waals surface area contributed by atoms with Crippen LogP contribution < -0.4 is 5.32 Å². The summed E-state index contributed by atoms with van der Waals surface area (Å²) in [5.41, 5.74) is 0. The van der Waals surface area contributed by atoms with E-state index in [0.29, 0.717) is 18.4 Å². The summed E-state index contributed by atoms with van der Waals surface area (Å²) >= 11 is 1.84. The van der Waals surface area contributed by atoms with Crippen LogP contribution in [0.3, 0.4) is 0 Å². The summed E-state index contributed by atoms with van der Waals surface area (Å²) in [6, 6.07) is 4.78. The average Bonchev–Trinajstić information content (AvgIpc) is 2.84. The van der Waals surface area contributed by atoms with Crippen LogP contribution in [0.4, 0.5) is 0 Å². The molecule has 2 rings (SSSR count). The standard InChI is InChI=1S/C15H24N2OS/c1-12-6-7-14(19-12)4-3-5-15(18)17(2)13-8-10-16-11-9-13/h6-7,13,16H,3-5,8-11H2,1-2H3. The molecule has 3 nitrogen and oxygen atoms in total. The minimum Gasteiger partial charge on any atom is -0.343 e. The van der Waals surface area contributed by atoms with Crippen LogP contribution in [-0.4, -0.2) is 37.0 Å². The van der Waals surface area contributed by atoms with Crippen molar-refractivity contribution < 1.29 is 4.79 Å². The van der Waals surface area contributed by atoms with Crippen LogP contribution >= 0.6 is 11.3 Å². The largest absolute Gasteiger partial charge is 0.343 e. The molecule has 1 aliphatic rings. The molecule has 0 saturated carbocycles. The Hall–Kier alpha value is -0.870. The van der Waals surface area contributed by atoms with Crippen LogP contribution in [0.1, 0.15) is 35.4 Å². The highest BCUT2D eigenvalue weighted by Gasteiger charge is 2.21. The molecule has 19 heavy (non-hydrogen) atoms. The number of amides is 1. The first-order chi connectivity index (χ1) is 9.16. The van der Waals surface area contributed by atoms with Crippen LogP contribution in [0, 0.1) is 6.92 Å². The van der Waals surface area contributed by atoms with Gasteiger partial charge in [-0.2, -0.15) is 0 Å². The second-order valence-corrected chi connectivity index (χ2v) is 6.72. The van der Waals surface area contributed by atoms with E-state index in [1.165, 1.54) is 9.75 Å². The predicted molar refractivity (Wildman–Crippen MR) is 80.7 cm³/mol. The summed E-state index contributed by atoms with van der Waals surface area (Å²) in [6.07, 6.45) is 4.86. The Bertz CT molecular complexity index is 410. The van der Waals surface area contributed by atoms with Gasteiger partial charge in [-0.1, -0.05) is 0 Å². The first kappa shape index (κ1) is 14.5. The maximum absolute atomic E-state index is 12.1. The monoisotopic (exact) mass is 280 g/mol. The molecule has 106 valence electrons. The highest BCUT2D eigenvalue weighted by atomic mass is 32.1. The number of hydrogen-bond acceptors (Lipinski definition) is 3. The van der Waals surface area contributed by atoms with E-state index in [1.807, 2.05) is 23.3 Å². The van der Waals surface area contributed by atoms with E-state index in [2.05, 4.69) is 24.4 Å². The van der Waals surface area contributed by atoms with Gasteiger partial charge in [0.2, 0.25) is 5.91 Å². The maximum Gasteiger partial charge on any atom is 0.222 e. The summed E-state index contributed by atoms with van der Waals surface area (Å²) in [6.45, 7) is 4.21. The molecular formula is C15H24N2OS. The zero-order valence-corrected chi connectivity index (χ0v) is 12.8. The molecule has 1 fully saturated rings. The van der Waals surface area contributed by atoms with Crippen LogP contribution in [0.5, 0.6) is 0 Å². The van der Waals surface area contributed by atoms with Crippen molar-refractivity contribution >= 4 is 17.2 Å². The van der Waals surface area contributed by atoms with Gasteiger partial charge in [0.1, 0.15) is 0 Å². The highest BCUT2D eigenvalue weighted by molar-refractivity contribution is 7.11. The zero-order chi connectivity index (χ0) is 13.7. The molecule has 0 aromatic carbocycles. The number of rotatable bonds is 5. The van der Waals surface area contributed by atoms with Gasteiger partial charge < -0.3 is 10.2 Å². The van der Waals surface area contributed by atoms with Crippen LogP contribution in [0.2, 0.25) is 0 Å². The smallest absolute Gasteiger partial charge is 0.222 e. The normalized spacial score (nSPS) is 16.5. The van der Waals surface area contributed by atoms with Gasteiger partial charge in [-0.3, -0.25) is 4.79 Å². The molecule has 4 heteroatoms. The molecule has 0 atom stereocenters. The molecule has 1 N–H and O–H groups in total. The number of piperidine rings is 1. The van der Waals surface area contributed by atoms with Crippen molar-refractivity contribution in [3.63, 3.8) is 0 Å². The van der Waals surface area contributed by atoms with Crippen LogP contribution in [0.25, 0.3) is 0 Å².